The average molecular weight is 284 g/mol. The van der Waals surface area contributed by atoms with E-state index in [1.165, 1.54) is 44.9 Å². The summed E-state index contributed by atoms with van der Waals surface area (Å²) in [7, 11) is 0. The van der Waals surface area contributed by atoms with E-state index >= 15 is 0 Å². The van der Waals surface area contributed by atoms with Gasteiger partial charge in [0, 0.05) is 5.41 Å². The number of ether oxygens (including phenoxy) is 2. The molecule has 0 aromatic heterocycles. The Labute approximate surface area is 126 Å². The van der Waals surface area contributed by atoms with Crippen molar-refractivity contribution < 1.29 is 9.47 Å². The van der Waals surface area contributed by atoms with Gasteiger partial charge in [0.15, 0.2) is 6.29 Å². The summed E-state index contributed by atoms with van der Waals surface area (Å²) in [5.74, 6) is 0.561. The summed E-state index contributed by atoms with van der Waals surface area (Å²) in [4.78, 5) is 0. The zero-order chi connectivity index (χ0) is 15.0. The van der Waals surface area contributed by atoms with Gasteiger partial charge in [0.05, 0.1) is 12.7 Å². The van der Waals surface area contributed by atoms with E-state index < -0.39 is 0 Å². The molecule has 2 atom stereocenters. The first-order valence-corrected chi connectivity index (χ1v) is 8.74. The summed E-state index contributed by atoms with van der Waals surface area (Å²) < 4.78 is 12.1. The van der Waals surface area contributed by atoms with Crippen LogP contribution >= 0.6 is 0 Å². The maximum atomic E-state index is 6.19. The highest BCUT2D eigenvalue weighted by molar-refractivity contribution is 4.84. The Morgan fingerprint density at radius 1 is 1.00 bits per heavy atom. The molecular formula is C18H36O2. The molecule has 1 saturated heterocycles. The lowest BCUT2D eigenvalue weighted by atomic mass is 9.80. The second-order valence-corrected chi connectivity index (χ2v) is 7.44. The van der Waals surface area contributed by atoms with Crippen LogP contribution in [0, 0.1) is 11.3 Å². The Balaban J connectivity index is 2.16. The second-order valence-electron chi connectivity index (χ2n) is 7.44. The minimum atomic E-state index is 0.0334. The molecule has 0 bridgehead atoms. The van der Waals surface area contributed by atoms with E-state index in [4.69, 9.17) is 9.47 Å². The summed E-state index contributed by atoms with van der Waals surface area (Å²) in [6.07, 6.45) is 10.9. The Morgan fingerprint density at radius 3 is 2.20 bits per heavy atom. The Bertz CT molecular complexity index is 248. The maximum absolute atomic E-state index is 6.19. The van der Waals surface area contributed by atoms with Crippen LogP contribution < -0.4 is 0 Å². The summed E-state index contributed by atoms with van der Waals surface area (Å²) in [5.41, 5.74) is 0.144. The van der Waals surface area contributed by atoms with Crippen LogP contribution in [0.4, 0.5) is 0 Å². The molecule has 1 aliphatic rings. The fourth-order valence-electron chi connectivity index (χ4n) is 3.26. The van der Waals surface area contributed by atoms with E-state index in [0.29, 0.717) is 12.0 Å². The third-order valence-electron chi connectivity index (χ3n) is 4.36. The van der Waals surface area contributed by atoms with Crippen molar-refractivity contribution in [1.29, 1.82) is 0 Å². The lowest BCUT2D eigenvalue weighted by molar-refractivity contribution is -0.271. The van der Waals surface area contributed by atoms with Gasteiger partial charge < -0.3 is 9.47 Å². The highest BCUT2D eigenvalue weighted by atomic mass is 16.7. The van der Waals surface area contributed by atoms with Crippen molar-refractivity contribution in [2.24, 2.45) is 11.3 Å². The van der Waals surface area contributed by atoms with Gasteiger partial charge in [-0.15, -0.1) is 0 Å². The number of hydrogen-bond acceptors (Lipinski definition) is 2. The molecule has 0 radical (unpaired) electrons. The topological polar surface area (TPSA) is 18.5 Å². The Hall–Kier alpha value is -0.0800. The molecule has 0 amide bonds. The molecule has 0 aromatic carbocycles. The predicted molar refractivity (Wildman–Crippen MR) is 85.8 cm³/mol. The van der Waals surface area contributed by atoms with Crippen LogP contribution in [-0.4, -0.2) is 19.0 Å². The summed E-state index contributed by atoms with van der Waals surface area (Å²) in [6, 6.07) is 0. The quantitative estimate of drug-likeness (QED) is 0.517. The van der Waals surface area contributed by atoms with Crippen LogP contribution in [0.3, 0.4) is 0 Å². The Morgan fingerprint density at radius 2 is 1.60 bits per heavy atom. The van der Waals surface area contributed by atoms with Crippen molar-refractivity contribution in [2.45, 2.75) is 98.4 Å². The molecule has 0 aromatic rings. The van der Waals surface area contributed by atoms with Gasteiger partial charge in [-0.1, -0.05) is 73.1 Å². The minimum absolute atomic E-state index is 0.0334. The molecule has 120 valence electrons. The summed E-state index contributed by atoms with van der Waals surface area (Å²) in [5, 5.41) is 0. The van der Waals surface area contributed by atoms with Crippen LogP contribution in [0.15, 0.2) is 0 Å². The van der Waals surface area contributed by atoms with Crippen LogP contribution in [-0.2, 0) is 9.47 Å². The van der Waals surface area contributed by atoms with Crippen molar-refractivity contribution in [3.05, 3.63) is 0 Å². The lowest BCUT2D eigenvalue weighted by Gasteiger charge is -2.44. The highest BCUT2D eigenvalue weighted by Gasteiger charge is 2.39. The monoisotopic (exact) mass is 284 g/mol. The maximum Gasteiger partial charge on any atom is 0.158 e. The van der Waals surface area contributed by atoms with E-state index in [0.717, 1.165) is 13.0 Å². The van der Waals surface area contributed by atoms with Crippen molar-refractivity contribution in [1.82, 2.24) is 0 Å². The first-order valence-electron chi connectivity index (χ1n) is 8.74. The van der Waals surface area contributed by atoms with Gasteiger partial charge >= 0.3 is 0 Å². The SMILES string of the molecule is CCCCCCCCC[C@@H]1OCC(C)(C)[C@H](C(C)C)O1. The molecule has 2 heteroatoms. The highest BCUT2D eigenvalue weighted by Crippen LogP contribution is 2.35. The first-order chi connectivity index (χ1) is 9.47. The molecule has 0 N–H and O–H groups in total. The fraction of sp³-hybridized carbons (Fsp3) is 1.00. The van der Waals surface area contributed by atoms with E-state index in [2.05, 4.69) is 34.6 Å². The van der Waals surface area contributed by atoms with Gasteiger partial charge in [-0.25, -0.2) is 0 Å². The normalized spacial score (nSPS) is 26.1. The van der Waals surface area contributed by atoms with Crippen LogP contribution in [0.1, 0.15) is 86.0 Å². The molecule has 2 nitrogen and oxygen atoms in total. The molecule has 0 saturated carbocycles. The zero-order valence-corrected chi connectivity index (χ0v) is 14.4. The van der Waals surface area contributed by atoms with Crippen LogP contribution in [0.25, 0.3) is 0 Å². The van der Waals surface area contributed by atoms with Crippen molar-refractivity contribution in [2.75, 3.05) is 6.61 Å². The van der Waals surface area contributed by atoms with Crippen molar-refractivity contribution in [3.63, 3.8) is 0 Å². The molecule has 0 aliphatic carbocycles. The number of hydrogen-bond donors (Lipinski definition) is 0. The zero-order valence-electron chi connectivity index (χ0n) is 14.4. The van der Waals surface area contributed by atoms with Crippen LogP contribution in [0.5, 0.6) is 0 Å². The first kappa shape index (κ1) is 18.0. The molecule has 1 rings (SSSR count). The van der Waals surface area contributed by atoms with Gasteiger partial charge in [-0.2, -0.15) is 0 Å². The summed E-state index contributed by atoms with van der Waals surface area (Å²) >= 11 is 0. The van der Waals surface area contributed by atoms with E-state index in [9.17, 15) is 0 Å². The van der Waals surface area contributed by atoms with Crippen LogP contribution in [0.2, 0.25) is 0 Å². The third-order valence-corrected chi connectivity index (χ3v) is 4.36. The van der Waals surface area contributed by atoms with Gasteiger partial charge in [0.1, 0.15) is 0 Å². The number of rotatable bonds is 9. The van der Waals surface area contributed by atoms with E-state index in [1.807, 2.05) is 0 Å². The standard InChI is InChI=1S/C18H36O2/c1-6-7-8-9-10-11-12-13-16-19-14-18(4,5)17(20-16)15(2)3/h15-17H,6-14H2,1-5H3/t16-,17+/m1/s1. The molecule has 1 aliphatic heterocycles. The van der Waals surface area contributed by atoms with Gasteiger partial charge in [0.2, 0.25) is 0 Å². The smallest absolute Gasteiger partial charge is 0.158 e. The largest absolute Gasteiger partial charge is 0.352 e. The predicted octanol–water partition coefficient (Wildman–Crippen LogP) is 5.55. The molecule has 1 fully saturated rings. The van der Waals surface area contributed by atoms with Gasteiger partial charge in [-0.05, 0) is 18.8 Å². The minimum Gasteiger partial charge on any atom is -0.352 e. The second kappa shape index (κ2) is 9.04. The fourth-order valence-corrected chi connectivity index (χ4v) is 3.26. The number of unbranched alkanes of at least 4 members (excludes halogenated alkanes) is 6. The third kappa shape index (κ3) is 6.13. The Kier molecular flexibility index (Phi) is 8.13. The molecule has 0 spiro atoms. The van der Waals surface area contributed by atoms with Gasteiger partial charge in [-0.3, -0.25) is 0 Å². The summed E-state index contributed by atoms with van der Waals surface area (Å²) in [6.45, 7) is 12.1. The van der Waals surface area contributed by atoms with E-state index in [1.54, 1.807) is 0 Å². The molecular weight excluding hydrogens is 248 g/mol. The van der Waals surface area contributed by atoms with E-state index in [-0.39, 0.29) is 11.7 Å². The molecule has 1 heterocycles. The van der Waals surface area contributed by atoms with Crippen molar-refractivity contribution in [3.8, 4) is 0 Å². The molecule has 20 heavy (non-hydrogen) atoms. The van der Waals surface area contributed by atoms with Crippen molar-refractivity contribution >= 4 is 0 Å². The lowest BCUT2D eigenvalue weighted by Crippen LogP contribution is -2.48. The van der Waals surface area contributed by atoms with Gasteiger partial charge in [0.25, 0.3) is 0 Å². The molecule has 0 unspecified atom stereocenters. The average Bonchev–Trinajstić information content (AvgIpc) is 2.38.